The molecule has 1 heterocycles. The summed E-state index contributed by atoms with van der Waals surface area (Å²) in [6.07, 6.45) is 8.35. The first-order valence-corrected chi connectivity index (χ1v) is 6.13. The van der Waals surface area contributed by atoms with Crippen LogP contribution in [0.1, 0.15) is 31.2 Å². The Morgan fingerprint density at radius 2 is 2.44 bits per heavy atom. The third-order valence-electron chi connectivity index (χ3n) is 4.17. The van der Waals surface area contributed by atoms with Crippen molar-refractivity contribution in [2.45, 2.75) is 32.2 Å². The molecular weight excluding hydrogens is 202 g/mol. The molecule has 2 aliphatic carbocycles. The molecule has 3 rings (SSSR count). The van der Waals surface area contributed by atoms with Gasteiger partial charge in [-0.3, -0.25) is 4.79 Å². The minimum absolute atomic E-state index is 0.240. The Morgan fingerprint density at radius 1 is 1.50 bits per heavy atom. The minimum Gasteiger partial charge on any atom is -0.472 e. The molecule has 0 aliphatic heterocycles. The zero-order valence-corrected chi connectivity index (χ0v) is 9.32. The fourth-order valence-electron chi connectivity index (χ4n) is 3.21. The first-order valence-electron chi connectivity index (χ1n) is 6.13. The minimum atomic E-state index is 0.240. The largest absolute Gasteiger partial charge is 0.472 e. The summed E-state index contributed by atoms with van der Waals surface area (Å²) in [5.74, 6) is 2.07. The fraction of sp³-hybridized carbons (Fsp3) is 0.615. The Balaban J connectivity index is 1.51. The topological polar surface area (TPSA) is 42.2 Å². The van der Waals surface area contributed by atoms with E-state index in [0.717, 1.165) is 17.9 Å². The molecule has 1 aromatic heterocycles. The molecule has 3 heteroatoms. The van der Waals surface area contributed by atoms with Crippen LogP contribution < -0.4 is 5.32 Å². The van der Waals surface area contributed by atoms with Crippen LogP contribution in [0.25, 0.3) is 0 Å². The van der Waals surface area contributed by atoms with Gasteiger partial charge in [0.15, 0.2) is 0 Å². The molecule has 0 bridgehead atoms. The van der Waals surface area contributed by atoms with Crippen molar-refractivity contribution < 1.29 is 9.21 Å². The Kier molecular flexibility index (Phi) is 2.46. The number of hydrogen-bond donors (Lipinski definition) is 1. The lowest BCUT2D eigenvalue weighted by Crippen LogP contribution is -2.43. The van der Waals surface area contributed by atoms with Gasteiger partial charge in [-0.1, -0.05) is 12.8 Å². The smallest absolute Gasteiger partial charge is 0.223 e. The van der Waals surface area contributed by atoms with Crippen molar-refractivity contribution in [3.8, 4) is 0 Å². The first-order chi connectivity index (χ1) is 7.84. The average Bonchev–Trinajstić information content (AvgIpc) is 2.86. The van der Waals surface area contributed by atoms with Crippen LogP contribution in [0.2, 0.25) is 0 Å². The molecule has 0 spiro atoms. The van der Waals surface area contributed by atoms with Gasteiger partial charge in [0.25, 0.3) is 0 Å². The lowest BCUT2D eigenvalue weighted by molar-refractivity contribution is -0.132. The third-order valence-corrected chi connectivity index (χ3v) is 4.17. The average molecular weight is 219 g/mol. The van der Waals surface area contributed by atoms with Gasteiger partial charge in [-0.15, -0.1) is 0 Å². The Labute approximate surface area is 95.2 Å². The number of carbonyl (C=O) groups is 1. The predicted molar refractivity (Wildman–Crippen MR) is 59.5 cm³/mol. The van der Waals surface area contributed by atoms with E-state index < -0.39 is 0 Å². The monoisotopic (exact) mass is 219 g/mol. The van der Waals surface area contributed by atoms with E-state index in [1.165, 1.54) is 19.3 Å². The Bertz CT molecular complexity index is 371. The van der Waals surface area contributed by atoms with Gasteiger partial charge in [0.05, 0.1) is 12.5 Å². The molecule has 3 atom stereocenters. The second-order valence-corrected chi connectivity index (χ2v) is 5.05. The van der Waals surface area contributed by atoms with E-state index in [-0.39, 0.29) is 5.91 Å². The van der Waals surface area contributed by atoms with Crippen molar-refractivity contribution in [1.82, 2.24) is 5.32 Å². The first kappa shape index (κ1) is 9.94. The number of hydrogen-bond acceptors (Lipinski definition) is 2. The van der Waals surface area contributed by atoms with Gasteiger partial charge < -0.3 is 9.73 Å². The highest BCUT2D eigenvalue weighted by molar-refractivity contribution is 5.80. The van der Waals surface area contributed by atoms with Crippen LogP contribution in [0.5, 0.6) is 0 Å². The molecule has 0 saturated heterocycles. The van der Waals surface area contributed by atoms with Crippen LogP contribution in [0, 0.1) is 17.8 Å². The molecule has 1 aromatic rings. The zero-order valence-electron chi connectivity index (χ0n) is 9.32. The van der Waals surface area contributed by atoms with Crippen molar-refractivity contribution in [2.24, 2.45) is 17.8 Å². The lowest BCUT2D eigenvalue weighted by Gasteiger charge is -2.39. The van der Waals surface area contributed by atoms with E-state index in [1.54, 1.807) is 12.5 Å². The molecule has 1 amide bonds. The van der Waals surface area contributed by atoms with Gasteiger partial charge in [-0.25, -0.2) is 0 Å². The number of carbonyl (C=O) groups excluding carboxylic acids is 1. The lowest BCUT2D eigenvalue weighted by atomic mass is 9.66. The zero-order chi connectivity index (χ0) is 11.0. The van der Waals surface area contributed by atoms with Crippen LogP contribution in [0.15, 0.2) is 23.0 Å². The molecule has 16 heavy (non-hydrogen) atoms. The van der Waals surface area contributed by atoms with Crippen molar-refractivity contribution in [3.63, 3.8) is 0 Å². The van der Waals surface area contributed by atoms with Gasteiger partial charge >= 0.3 is 0 Å². The van der Waals surface area contributed by atoms with Crippen LogP contribution in [-0.4, -0.2) is 5.91 Å². The fourth-order valence-corrected chi connectivity index (χ4v) is 3.21. The molecule has 2 saturated carbocycles. The molecule has 2 fully saturated rings. The van der Waals surface area contributed by atoms with E-state index in [4.69, 9.17) is 4.42 Å². The predicted octanol–water partition coefficient (Wildman–Crippen LogP) is 2.33. The van der Waals surface area contributed by atoms with E-state index in [2.05, 4.69) is 5.32 Å². The van der Waals surface area contributed by atoms with Crippen molar-refractivity contribution in [2.75, 3.05) is 0 Å². The van der Waals surface area contributed by atoms with Crippen molar-refractivity contribution in [1.29, 1.82) is 0 Å². The molecular formula is C13H17NO2. The molecule has 3 nitrogen and oxygen atoms in total. The van der Waals surface area contributed by atoms with Crippen molar-refractivity contribution in [3.05, 3.63) is 24.2 Å². The standard InChI is InChI=1S/C13H17NO2/c15-13(14-7-9-4-5-16-8-9)12-6-10-2-1-3-11(10)12/h4-5,8,10-12H,1-3,6-7H2,(H,14,15). The highest BCUT2D eigenvalue weighted by atomic mass is 16.3. The second-order valence-electron chi connectivity index (χ2n) is 5.05. The van der Waals surface area contributed by atoms with E-state index in [0.29, 0.717) is 18.4 Å². The van der Waals surface area contributed by atoms with Gasteiger partial charge in [0.2, 0.25) is 5.91 Å². The number of nitrogens with one attached hydrogen (secondary N) is 1. The van der Waals surface area contributed by atoms with Crippen LogP contribution in [0.3, 0.4) is 0 Å². The molecule has 0 radical (unpaired) electrons. The maximum atomic E-state index is 11.9. The summed E-state index contributed by atoms with van der Waals surface area (Å²) in [7, 11) is 0. The maximum Gasteiger partial charge on any atom is 0.223 e. The van der Waals surface area contributed by atoms with E-state index in [1.807, 2.05) is 6.07 Å². The van der Waals surface area contributed by atoms with Crippen LogP contribution >= 0.6 is 0 Å². The van der Waals surface area contributed by atoms with Crippen molar-refractivity contribution >= 4 is 5.91 Å². The van der Waals surface area contributed by atoms with E-state index in [9.17, 15) is 4.79 Å². The van der Waals surface area contributed by atoms with Gasteiger partial charge in [0.1, 0.15) is 0 Å². The summed E-state index contributed by atoms with van der Waals surface area (Å²) in [6, 6.07) is 1.89. The highest BCUT2D eigenvalue weighted by Gasteiger charge is 2.46. The normalized spacial score (nSPS) is 31.9. The summed E-state index contributed by atoms with van der Waals surface area (Å²) < 4.78 is 4.97. The van der Waals surface area contributed by atoms with Crippen LogP contribution in [0.4, 0.5) is 0 Å². The molecule has 3 unspecified atom stereocenters. The molecule has 0 aromatic carbocycles. The quantitative estimate of drug-likeness (QED) is 0.847. The summed E-state index contributed by atoms with van der Waals surface area (Å²) in [5.41, 5.74) is 1.04. The number of fused-ring (bicyclic) bond motifs is 1. The number of amides is 1. The molecule has 1 N–H and O–H groups in total. The van der Waals surface area contributed by atoms with Gasteiger partial charge in [-0.2, -0.15) is 0 Å². The number of rotatable bonds is 3. The second kappa shape index (κ2) is 3.96. The van der Waals surface area contributed by atoms with Gasteiger partial charge in [-0.05, 0) is 30.7 Å². The van der Waals surface area contributed by atoms with E-state index >= 15 is 0 Å². The SMILES string of the molecule is O=C(NCc1ccoc1)C1CC2CCCC21. The third kappa shape index (κ3) is 1.64. The van der Waals surface area contributed by atoms with Crippen LogP contribution in [-0.2, 0) is 11.3 Å². The summed E-state index contributed by atoms with van der Waals surface area (Å²) in [6.45, 7) is 0.600. The highest BCUT2D eigenvalue weighted by Crippen LogP contribution is 2.51. The number of furan rings is 1. The molecule has 2 aliphatic rings. The summed E-state index contributed by atoms with van der Waals surface area (Å²) in [5, 5.41) is 3.00. The summed E-state index contributed by atoms with van der Waals surface area (Å²) in [4.78, 5) is 11.9. The Hall–Kier alpha value is -1.25. The summed E-state index contributed by atoms with van der Waals surface area (Å²) >= 11 is 0. The Morgan fingerprint density at radius 3 is 3.19 bits per heavy atom. The molecule has 86 valence electrons. The van der Waals surface area contributed by atoms with Gasteiger partial charge in [0, 0.05) is 18.0 Å². The maximum absolute atomic E-state index is 11.9.